The summed E-state index contributed by atoms with van der Waals surface area (Å²) < 4.78 is 40.2. The third-order valence-electron chi connectivity index (χ3n) is 2.51. The smallest absolute Gasteiger partial charge is 0.137 e. The Balaban J connectivity index is 2.68. The van der Waals surface area contributed by atoms with Crippen molar-refractivity contribution in [2.75, 3.05) is 0 Å². The van der Waals surface area contributed by atoms with E-state index in [0.29, 0.717) is 17.7 Å². The first kappa shape index (κ1) is 14.1. The zero-order chi connectivity index (χ0) is 14.7. The molecule has 0 radical (unpaired) electrons. The van der Waals surface area contributed by atoms with Crippen LogP contribution in [0.15, 0.2) is 36.7 Å². The van der Waals surface area contributed by atoms with E-state index in [1.54, 1.807) is 12.1 Å². The van der Waals surface area contributed by atoms with E-state index in [2.05, 4.69) is 4.98 Å². The summed E-state index contributed by atoms with van der Waals surface area (Å²) in [7, 11) is 0. The van der Waals surface area contributed by atoms with Crippen molar-refractivity contribution in [3.05, 3.63) is 65.2 Å². The van der Waals surface area contributed by atoms with Gasteiger partial charge in [0.25, 0.3) is 0 Å². The predicted molar refractivity (Wildman–Crippen MR) is 68.8 cm³/mol. The first-order chi connectivity index (χ1) is 9.54. The molecule has 0 spiro atoms. The fourth-order valence-corrected chi connectivity index (χ4v) is 1.96. The number of pyridine rings is 1. The van der Waals surface area contributed by atoms with Gasteiger partial charge in [0, 0.05) is 30.1 Å². The number of hydrogen-bond acceptors (Lipinski definition) is 2. The van der Waals surface area contributed by atoms with E-state index in [-0.39, 0.29) is 5.57 Å². The number of benzene rings is 1. The number of hydrogen-bond donors (Lipinski definition) is 0. The molecule has 100 valence electrons. The molecular formula is C14H6ClF3N2. The van der Waals surface area contributed by atoms with Crippen LogP contribution in [-0.4, -0.2) is 4.98 Å². The quantitative estimate of drug-likeness (QED) is 0.781. The van der Waals surface area contributed by atoms with Gasteiger partial charge in [0.2, 0.25) is 0 Å². The van der Waals surface area contributed by atoms with Gasteiger partial charge in [-0.2, -0.15) is 5.26 Å². The summed E-state index contributed by atoms with van der Waals surface area (Å²) in [6.45, 7) is 0. The molecule has 6 heteroatoms. The van der Waals surface area contributed by atoms with Gasteiger partial charge < -0.3 is 0 Å². The molecule has 0 aliphatic rings. The zero-order valence-corrected chi connectivity index (χ0v) is 10.6. The standard InChI is InChI=1S/C14H6ClF3N2/c15-14(10(6-19)8-2-1-3-20-7-8)13-11(17)4-9(16)5-12(13)18/h1-5,7H/b14-10+. The van der Waals surface area contributed by atoms with Crippen LogP contribution < -0.4 is 0 Å². The molecule has 0 aliphatic carbocycles. The summed E-state index contributed by atoms with van der Waals surface area (Å²) in [5.74, 6) is -3.42. The Morgan fingerprint density at radius 1 is 1.20 bits per heavy atom. The number of nitrogens with zero attached hydrogens (tertiary/aromatic N) is 2. The first-order valence-electron chi connectivity index (χ1n) is 5.39. The Labute approximate surface area is 117 Å². The lowest BCUT2D eigenvalue weighted by Crippen LogP contribution is -1.96. The summed E-state index contributed by atoms with van der Waals surface area (Å²) in [4.78, 5) is 3.80. The van der Waals surface area contributed by atoms with Crippen molar-refractivity contribution >= 4 is 22.2 Å². The second-order valence-corrected chi connectivity index (χ2v) is 4.16. The predicted octanol–water partition coefficient (Wildman–Crippen LogP) is 4.13. The van der Waals surface area contributed by atoms with Gasteiger partial charge in [-0.05, 0) is 6.07 Å². The van der Waals surface area contributed by atoms with Gasteiger partial charge >= 0.3 is 0 Å². The molecular weight excluding hydrogens is 289 g/mol. The van der Waals surface area contributed by atoms with Crippen LogP contribution in [0, 0.1) is 28.8 Å². The van der Waals surface area contributed by atoms with Crippen LogP contribution in [0.2, 0.25) is 0 Å². The molecule has 1 aromatic carbocycles. The van der Waals surface area contributed by atoms with Crippen molar-refractivity contribution < 1.29 is 13.2 Å². The highest BCUT2D eigenvalue weighted by Crippen LogP contribution is 2.32. The third kappa shape index (κ3) is 2.65. The van der Waals surface area contributed by atoms with E-state index in [4.69, 9.17) is 16.9 Å². The lowest BCUT2D eigenvalue weighted by atomic mass is 10.0. The summed E-state index contributed by atoms with van der Waals surface area (Å²) in [6, 6.07) is 5.84. The Hall–Kier alpha value is -2.32. The van der Waals surface area contributed by atoms with Gasteiger partial charge in [-0.25, -0.2) is 13.2 Å². The normalized spacial score (nSPS) is 11.8. The van der Waals surface area contributed by atoms with Crippen LogP contribution in [0.5, 0.6) is 0 Å². The number of nitriles is 1. The summed E-state index contributed by atoms with van der Waals surface area (Å²) in [5.41, 5.74) is -0.485. The topological polar surface area (TPSA) is 36.7 Å². The van der Waals surface area contributed by atoms with Crippen LogP contribution in [0.1, 0.15) is 11.1 Å². The molecule has 0 N–H and O–H groups in total. The van der Waals surface area contributed by atoms with Crippen LogP contribution in [0.25, 0.3) is 10.6 Å². The Morgan fingerprint density at radius 3 is 2.35 bits per heavy atom. The Morgan fingerprint density at radius 2 is 1.85 bits per heavy atom. The van der Waals surface area contributed by atoms with E-state index in [1.165, 1.54) is 18.5 Å². The maximum atomic E-state index is 13.7. The van der Waals surface area contributed by atoms with Crippen LogP contribution in [0.3, 0.4) is 0 Å². The van der Waals surface area contributed by atoms with Crippen LogP contribution in [0.4, 0.5) is 13.2 Å². The van der Waals surface area contributed by atoms with Crippen LogP contribution >= 0.6 is 11.6 Å². The first-order valence-corrected chi connectivity index (χ1v) is 5.77. The van der Waals surface area contributed by atoms with E-state index < -0.39 is 28.0 Å². The second kappa shape index (κ2) is 5.76. The lowest BCUT2D eigenvalue weighted by molar-refractivity contribution is 0.540. The molecule has 0 saturated heterocycles. The monoisotopic (exact) mass is 294 g/mol. The molecule has 0 amide bonds. The summed E-state index contributed by atoms with van der Waals surface area (Å²) in [5, 5.41) is 8.67. The lowest BCUT2D eigenvalue weighted by Gasteiger charge is -2.07. The largest absolute Gasteiger partial charge is 0.264 e. The zero-order valence-electron chi connectivity index (χ0n) is 9.87. The van der Waals surface area contributed by atoms with Gasteiger partial charge in [-0.15, -0.1) is 0 Å². The minimum Gasteiger partial charge on any atom is -0.264 e. The minimum absolute atomic E-state index is 0.149. The number of halogens is 4. The fourth-order valence-electron chi connectivity index (χ4n) is 1.63. The average Bonchev–Trinajstić information content (AvgIpc) is 2.39. The van der Waals surface area contributed by atoms with Gasteiger partial charge in [0.15, 0.2) is 0 Å². The van der Waals surface area contributed by atoms with Crippen molar-refractivity contribution in [3.8, 4) is 6.07 Å². The van der Waals surface area contributed by atoms with E-state index in [9.17, 15) is 13.2 Å². The van der Waals surface area contributed by atoms with Gasteiger partial charge in [-0.1, -0.05) is 17.7 Å². The van der Waals surface area contributed by atoms with Crippen molar-refractivity contribution in [3.63, 3.8) is 0 Å². The Kier molecular flexibility index (Phi) is 4.06. The average molecular weight is 295 g/mol. The highest BCUT2D eigenvalue weighted by Gasteiger charge is 2.19. The van der Waals surface area contributed by atoms with Crippen molar-refractivity contribution in [2.45, 2.75) is 0 Å². The van der Waals surface area contributed by atoms with Gasteiger partial charge in [0.1, 0.15) is 23.5 Å². The second-order valence-electron chi connectivity index (χ2n) is 3.79. The maximum absolute atomic E-state index is 13.7. The molecule has 0 atom stereocenters. The molecule has 1 aromatic heterocycles. The van der Waals surface area contributed by atoms with Crippen molar-refractivity contribution in [1.29, 1.82) is 5.26 Å². The summed E-state index contributed by atoms with van der Waals surface area (Å²) in [6.07, 6.45) is 2.81. The highest BCUT2D eigenvalue weighted by atomic mass is 35.5. The molecule has 2 rings (SSSR count). The molecule has 20 heavy (non-hydrogen) atoms. The number of rotatable bonds is 2. The van der Waals surface area contributed by atoms with E-state index >= 15 is 0 Å². The van der Waals surface area contributed by atoms with Crippen molar-refractivity contribution in [1.82, 2.24) is 4.98 Å². The molecule has 0 aliphatic heterocycles. The molecule has 0 bridgehead atoms. The minimum atomic E-state index is -1.18. The van der Waals surface area contributed by atoms with E-state index in [1.807, 2.05) is 0 Å². The summed E-state index contributed by atoms with van der Waals surface area (Å²) >= 11 is 5.90. The van der Waals surface area contributed by atoms with Gasteiger partial charge in [-0.3, -0.25) is 4.98 Å². The number of allylic oxidation sites excluding steroid dienone is 1. The highest BCUT2D eigenvalue weighted by molar-refractivity contribution is 6.53. The third-order valence-corrected chi connectivity index (χ3v) is 2.89. The fraction of sp³-hybridized carbons (Fsp3) is 0. The molecule has 0 unspecified atom stereocenters. The van der Waals surface area contributed by atoms with E-state index in [0.717, 1.165) is 0 Å². The SMILES string of the molecule is N#C/C(=C(\Cl)c1c(F)cc(F)cc1F)c1cccnc1. The maximum Gasteiger partial charge on any atom is 0.137 e. The van der Waals surface area contributed by atoms with Crippen molar-refractivity contribution in [2.24, 2.45) is 0 Å². The Bertz CT molecular complexity index is 698. The number of aromatic nitrogens is 1. The molecule has 2 nitrogen and oxygen atoms in total. The molecule has 2 aromatic rings. The molecule has 0 saturated carbocycles. The van der Waals surface area contributed by atoms with Crippen LogP contribution in [-0.2, 0) is 0 Å². The van der Waals surface area contributed by atoms with Gasteiger partial charge in [0.05, 0.1) is 16.2 Å². The molecule has 1 heterocycles. The molecule has 0 fully saturated rings.